The summed E-state index contributed by atoms with van der Waals surface area (Å²) >= 11 is 0. The maximum atomic E-state index is 12.3. The number of hydrogen-bond donors (Lipinski definition) is 2. The lowest BCUT2D eigenvalue weighted by Gasteiger charge is -2.38. The molecular weight excluding hydrogens is 216 g/mol. The highest BCUT2D eigenvalue weighted by molar-refractivity contribution is 5.79. The Labute approximate surface area is 103 Å². The van der Waals surface area contributed by atoms with Crippen molar-refractivity contribution in [2.24, 2.45) is 11.8 Å². The molecule has 4 heteroatoms. The summed E-state index contributed by atoms with van der Waals surface area (Å²) in [5, 5.41) is 13.1. The summed E-state index contributed by atoms with van der Waals surface area (Å²) in [5.41, 5.74) is 0. The van der Waals surface area contributed by atoms with E-state index < -0.39 is 0 Å². The van der Waals surface area contributed by atoms with Gasteiger partial charge in [-0.1, -0.05) is 6.92 Å². The molecule has 2 aliphatic heterocycles. The first-order valence-electron chi connectivity index (χ1n) is 6.90. The minimum absolute atomic E-state index is 0.163. The van der Waals surface area contributed by atoms with Gasteiger partial charge in [-0.2, -0.15) is 0 Å². The van der Waals surface area contributed by atoms with E-state index in [2.05, 4.69) is 12.2 Å². The Morgan fingerprint density at radius 3 is 2.94 bits per heavy atom. The van der Waals surface area contributed by atoms with Gasteiger partial charge in [-0.05, 0) is 32.2 Å². The monoisotopic (exact) mass is 240 g/mol. The van der Waals surface area contributed by atoms with Gasteiger partial charge < -0.3 is 15.3 Å². The van der Waals surface area contributed by atoms with Gasteiger partial charge in [-0.25, -0.2) is 0 Å². The van der Waals surface area contributed by atoms with Gasteiger partial charge in [0.05, 0.1) is 12.0 Å². The Bertz CT molecular complexity index is 264. The Balaban J connectivity index is 1.90. The summed E-state index contributed by atoms with van der Waals surface area (Å²) in [6, 6.07) is 0. The lowest BCUT2D eigenvalue weighted by Crippen LogP contribution is -2.50. The number of aliphatic hydroxyl groups excluding tert-OH is 1. The molecular formula is C13H24N2O2. The molecule has 0 aromatic heterocycles. The van der Waals surface area contributed by atoms with Crippen LogP contribution in [0.3, 0.4) is 0 Å². The van der Waals surface area contributed by atoms with E-state index >= 15 is 0 Å². The van der Waals surface area contributed by atoms with Crippen molar-refractivity contribution in [3.63, 3.8) is 0 Å². The van der Waals surface area contributed by atoms with Crippen molar-refractivity contribution in [2.75, 3.05) is 26.2 Å². The summed E-state index contributed by atoms with van der Waals surface area (Å²) in [6.07, 6.45) is 3.60. The van der Waals surface area contributed by atoms with Crippen molar-refractivity contribution >= 4 is 5.91 Å². The standard InChI is InChI=1S/C13H24N2O2/c1-2-10-9-15(7-5-12(10)16)13(17)11-4-3-6-14-8-11/h10-12,14,16H,2-9H2,1H3/t10-,11-,12-/m1/s1. The first kappa shape index (κ1) is 12.8. The predicted molar refractivity (Wildman–Crippen MR) is 66.6 cm³/mol. The summed E-state index contributed by atoms with van der Waals surface area (Å²) in [5.74, 6) is 0.725. The molecule has 2 rings (SSSR count). The van der Waals surface area contributed by atoms with Crippen LogP contribution in [0.5, 0.6) is 0 Å². The first-order valence-corrected chi connectivity index (χ1v) is 6.90. The maximum absolute atomic E-state index is 12.3. The Kier molecular flexibility index (Phi) is 4.40. The molecule has 0 saturated carbocycles. The van der Waals surface area contributed by atoms with E-state index in [0.717, 1.165) is 51.9 Å². The highest BCUT2D eigenvalue weighted by Crippen LogP contribution is 2.23. The van der Waals surface area contributed by atoms with Crippen LogP contribution >= 0.6 is 0 Å². The average Bonchev–Trinajstić information content (AvgIpc) is 2.39. The zero-order chi connectivity index (χ0) is 12.3. The van der Waals surface area contributed by atoms with E-state index in [9.17, 15) is 9.90 Å². The van der Waals surface area contributed by atoms with E-state index in [1.54, 1.807) is 0 Å². The Hall–Kier alpha value is -0.610. The molecule has 0 aromatic rings. The molecule has 0 spiro atoms. The van der Waals surface area contributed by atoms with Crippen LogP contribution in [0, 0.1) is 11.8 Å². The molecule has 2 saturated heterocycles. The summed E-state index contributed by atoms with van der Waals surface area (Å²) in [7, 11) is 0. The van der Waals surface area contributed by atoms with E-state index in [-0.39, 0.29) is 17.9 Å². The normalized spacial score (nSPS) is 34.7. The average molecular weight is 240 g/mol. The van der Waals surface area contributed by atoms with Gasteiger partial charge in [0, 0.05) is 25.6 Å². The van der Waals surface area contributed by atoms with E-state index in [1.165, 1.54) is 0 Å². The van der Waals surface area contributed by atoms with Crippen LogP contribution < -0.4 is 5.32 Å². The quantitative estimate of drug-likeness (QED) is 0.743. The Morgan fingerprint density at radius 2 is 2.29 bits per heavy atom. The molecule has 0 bridgehead atoms. The number of nitrogens with zero attached hydrogens (tertiary/aromatic N) is 1. The molecule has 2 fully saturated rings. The third-order valence-corrected chi connectivity index (χ3v) is 4.18. The molecule has 0 aromatic carbocycles. The van der Waals surface area contributed by atoms with Crippen LogP contribution in [0.15, 0.2) is 0 Å². The minimum atomic E-state index is -0.214. The predicted octanol–water partition coefficient (Wildman–Crippen LogP) is 0.605. The van der Waals surface area contributed by atoms with Gasteiger partial charge in [0.2, 0.25) is 5.91 Å². The van der Waals surface area contributed by atoms with Gasteiger partial charge in [-0.3, -0.25) is 4.79 Å². The van der Waals surface area contributed by atoms with E-state index in [0.29, 0.717) is 5.91 Å². The molecule has 2 aliphatic rings. The van der Waals surface area contributed by atoms with Crippen LogP contribution in [-0.2, 0) is 4.79 Å². The van der Waals surface area contributed by atoms with E-state index in [4.69, 9.17) is 0 Å². The molecule has 98 valence electrons. The van der Waals surface area contributed by atoms with Crippen molar-refractivity contribution in [2.45, 2.75) is 38.7 Å². The zero-order valence-electron chi connectivity index (χ0n) is 10.7. The number of nitrogens with one attached hydrogen (secondary N) is 1. The molecule has 4 nitrogen and oxygen atoms in total. The topological polar surface area (TPSA) is 52.6 Å². The third-order valence-electron chi connectivity index (χ3n) is 4.18. The van der Waals surface area contributed by atoms with Crippen LogP contribution in [0.25, 0.3) is 0 Å². The molecule has 2 N–H and O–H groups in total. The number of amides is 1. The molecule has 2 heterocycles. The summed E-state index contributed by atoms with van der Waals surface area (Å²) in [6.45, 7) is 5.43. The summed E-state index contributed by atoms with van der Waals surface area (Å²) in [4.78, 5) is 14.3. The number of carbonyl (C=O) groups is 1. The van der Waals surface area contributed by atoms with Crippen LogP contribution in [0.4, 0.5) is 0 Å². The van der Waals surface area contributed by atoms with Crippen molar-refractivity contribution in [3.05, 3.63) is 0 Å². The number of aliphatic hydroxyl groups is 1. The second-order valence-corrected chi connectivity index (χ2v) is 5.35. The first-order chi connectivity index (χ1) is 8.22. The fourth-order valence-electron chi connectivity index (χ4n) is 2.94. The Morgan fingerprint density at radius 1 is 1.47 bits per heavy atom. The van der Waals surface area contributed by atoms with E-state index in [1.807, 2.05) is 4.90 Å². The lowest BCUT2D eigenvalue weighted by atomic mass is 9.90. The lowest BCUT2D eigenvalue weighted by molar-refractivity contribution is -0.139. The molecule has 0 radical (unpaired) electrons. The number of rotatable bonds is 2. The highest BCUT2D eigenvalue weighted by atomic mass is 16.3. The van der Waals surface area contributed by atoms with Crippen molar-refractivity contribution in [3.8, 4) is 0 Å². The largest absolute Gasteiger partial charge is 0.393 e. The van der Waals surface area contributed by atoms with Crippen molar-refractivity contribution < 1.29 is 9.90 Å². The van der Waals surface area contributed by atoms with Gasteiger partial charge >= 0.3 is 0 Å². The number of piperidine rings is 2. The van der Waals surface area contributed by atoms with Crippen LogP contribution in [0.2, 0.25) is 0 Å². The molecule has 3 atom stereocenters. The third kappa shape index (κ3) is 2.99. The SMILES string of the molecule is CC[C@@H]1CN(C(=O)[C@@H]2CCCNC2)CC[C@H]1O. The van der Waals surface area contributed by atoms with Crippen molar-refractivity contribution in [1.82, 2.24) is 10.2 Å². The minimum Gasteiger partial charge on any atom is -0.393 e. The number of carbonyl (C=O) groups excluding carboxylic acids is 1. The molecule has 17 heavy (non-hydrogen) atoms. The fourth-order valence-corrected chi connectivity index (χ4v) is 2.94. The highest BCUT2D eigenvalue weighted by Gasteiger charge is 2.32. The van der Waals surface area contributed by atoms with Gasteiger partial charge in [0.15, 0.2) is 0 Å². The molecule has 1 amide bonds. The molecule has 0 unspecified atom stereocenters. The van der Waals surface area contributed by atoms with Gasteiger partial charge in [0.25, 0.3) is 0 Å². The fraction of sp³-hybridized carbons (Fsp3) is 0.923. The number of likely N-dealkylation sites (tertiary alicyclic amines) is 1. The second kappa shape index (κ2) is 5.83. The number of hydrogen-bond acceptors (Lipinski definition) is 3. The second-order valence-electron chi connectivity index (χ2n) is 5.35. The van der Waals surface area contributed by atoms with Gasteiger partial charge in [-0.15, -0.1) is 0 Å². The zero-order valence-corrected chi connectivity index (χ0v) is 10.7. The van der Waals surface area contributed by atoms with Crippen LogP contribution in [-0.4, -0.2) is 48.2 Å². The maximum Gasteiger partial charge on any atom is 0.226 e. The van der Waals surface area contributed by atoms with Crippen molar-refractivity contribution in [1.29, 1.82) is 0 Å². The van der Waals surface area contributed by atoms with Gasteiger partial charge in [0.1, 0.15) is 0 Å². The smallest absolute Gasteiger partial charge is 0.226 e. The van der Waals surface area contributed by atoms with Crippen LogP contribution in [0.1, 0.15) is 32.6 Å². The molecule has 0 aliphatic carbocycles. The summed E-state index contributed by atoms with van der Waals surface area (Å²) < 4.78 is 0.